The number of carbonyl (C=O) groups excluding carboxylic acids is 2. The summed E-state index contributed by atoms with van der Waals surface area (Å²) >= 11 is 0. The van der Waals surface area contributed by atoms with Crippen LogP contribution >= 0.6 is 0 Å². The van der Waals surface area contributed by atoms with Crippen molar-refractivity contribution >= 4 is 11.9 Å². The van der Waals surface area contributed by atoms with Crippen molar-refractivity contribution in [3.63, 3.8) is 0 Å². The van der Waals surface area contributed by atoms with Crippen LogP contribution in [0.25, 0.3) is 0 Å². The van der Waals surface area contributed by atoms with Crippen LogP contribution in [-0.4, -0.2) is 46.9 Å². The van der Waals surface area contributed by atoms with E-state index < -0.39 is 18.2 Å². The topological polar surface area (TPSA) is 95.9 Å². The minimum absolute atomic E-state index is 0.0705. The average Bonchev–Trinajstić information content (AvgIpc) is 3.21. The van der Waals surface area contributed by atoms with Crippen LogP contribution in [0.15, 0.2) is 36.5 Å². The fraction of sp³-hybridized carbons (Fsp3) is 0.846. The van der Waals surface area contributed by atoms with Crippen LogP contribution in [0.4, 0.5) is 0 Å². The molecule has 0 fully saturated rings. The molecule has 0 rings (SSSR count). The summed E-state index contributed by atoms with van der Waals surface area (Å²) in [7, 11) is 0. The van der Waals surface area contributed by atoms with E-state index in [1.165, 1.54) is 135 Å². The van der Waals surface area contributed by atoms with E-state index in [0.717, 1.165) is 77.0 Å². The van der Waals surface area contributed by atoms with Gasteiger partial charge in [-0.1, -0.05) is 218 Å². The first kappa shape index (κ1) is 56.1. The average molecular weight is 816 g/mol. The number of aliphatic hydroxyl groups excluding tert-OH is 2. The van der Waals surface area contributed by atoms with Crippen molar-refractivity contribution < 1.29 is 24.5 Å². The predicted molar refractivity (Wildman–Crippen MR) is 250 cm³/mol. The standard InChI is InChI=1S/C52H97NO5/c1-4-7-10-13-16-18-20-22-24-25-27-29-31-33-36-39-42-45-52(57)58-48(43-40-37-34-15-12-9-6-3)46-51(56)53-49(47-54)50(55)44-41-38-35-32-30-28-26-23-21-19-17-14-11-8-5-2/h16,18,22,24,27,29,48-50,54-55H,4-15,17,19-21,23,25-26,28,30-47H2,1-3H3,(H,53,56)/b18-16-,24-22-,29-27-. The summed E-state index contributed by atoms with van der Waals surface area (Å²) in [5, 5.41) is 23.7. The van der Waals surface area contributed by atoms with Gasteiger partial charge in [-0.2, -0.15) is 0 Å². The number of rotatable bonds is 45. The maximum Gasteiger partial charge on any atom is 0.306 e. The van der Waals surface area contributed by atoms with Gasteiger partial charge in [0, 0.05) is 6.42 Å². The van der Waals surface area contributed by atoms with Crippen LogP contribution in [0, 0.1) is 0 Å². The van der Waals surface area contributed by atoms with Crippen LogP contribution in [0.2, 0.25) is 0 Å². The number of allylic oxidation sites excluding steroid dienone is 6. The Kier molecular flexibility index (Phi) is 44.6. The second-order valence-electron chi connectivity index (χ2n) is 17.2. The molecule has 1 amide bonds. The number of esters is 1. The van der Waals surface area contributed by atoms with Gasteiger partial charge in [-0.05, 0) is 64.2 Å². The van der Waals surface area contributed by atoms with E-state index in [9.17, 15) is 19.8 Å². The number of carbonyl (C=O) groups is 2. The van der Waals surface area contributed by atoms with Gasteiger partial charge in [-0.3, -0.25) is 9.59 Å². The summed E-state index contributed by atoms with van der Waals surface area (Å²) in [5.74, 6) is -0.497. The predicted octanol–water partition coefficient (Wildman–Crippen LogP) is 14.9. The van der Waals surface area contributed by atoms with Gasteiger partial charge in [0.25, 0.3) is 0 Å². The molecule has 58 heavy (non-hydrogen) atoms. The molecule has 0 saturated heterocycles. The Balaban J connectivity index is 4.39. The summed E-state index contributed by atoms with van der Waals surface area (Å²) in [6, 6.07) is -0.701. The van der Waals surface area contributed by atoms with Crippen LogP contribution < -0.4 is 5.32 Å². The minimum Gasteiger partial charge on any atom is -0.462 e. The quantitative estimate of drug-likeness (QED) is 0.0323. The molecule has 0 aliphatic rings. The molecule has 6 heteroatoms. The molecule has 0 spiro atoms. The van der Waals surface area contributed by atoms with E-state index in [-0.39, 0.29) is 24.9 Å². The third kappa shape index (κ3) is 40.8. The fourth-order valence-corrected chi connectivity index (χ4v) is 7.61. The highest BCUT2D eigenvalue weighted by atomic mass is 16.5. The zero-order valence-electron chi connectivity index (χ0n) is 38.7. The normalized spacial score (nSPS) is 13.5. The Morgan fingerprint density at radius 2 is 0.879 bits per heavy atom. The van der Waals surface area contributed by atoms with Crippen LogP contribution in [0.5, 0.6) is 0 Å². The largest absolute Gasteiger partial charge is 0.462 e. The van der Waals surface area contributed by atoms with Crippen molar-refractivity contribution in [1.29, 1.82) is 0 Å². The molecule has 0 aromatic rings. The van der Waals surface area contributed by atoms with Crippen LogP contribution in [-0.2, 0) is 14.3 Å². The summed E-state index contributed by atoms with van der Waals surface area (Å²) in [6.45, 7) is 6.43. The first-order valence-electron chi connectivity index (χ1n) is 25.2. The Morgan fingerprint density at radius 3 is 1.36 bits per heavy atom. The van der Waals surface area contributed by atoms with Crippen LogP contribution in [0.1, 0.15) is 258 Å². The molecule has 3 unspecified atom stereocenters. The summed E-state index contributed by atoms with van der Waals surface area (Å²) < 4.78 is 5.88. The number of nitrogens with one attached hydrogen (secondary N) is 1. The van der Waals surface area contributed by atoms with Crippen molar-refractivity contribution in [2.45, 2.75) is 277 Å². The SMILES string of the molecule is CCCCC/C=C\C/C=C\C/C=C\CCCCCCC(=O)OC(CCCCCCCCC)CC(=O)NC(CO)C(O)CCCCCCCCCCCCCCCCC. The van der Waals surface area contributed by atoms with E-state index in [4.69, 9.17) is 4.74 Å². The zero-order valence-corrected chi connectivity index (χ0v) is 38.7. The third-order valence-corrected chi connectivity index (χ3v) is 11.5. The van der Waals surface area contributed by atoms with E-state index in [0.29, 0.717) is 19.3 Å². The van der Waals surface area contributed by atoms with Gasteiger partial charge in [0.2, 0.25) is 5.91 Å². The zero-order chi connectivity index (χ0) is 42.4. The second-order valence-corrected chi connectivity index (χ2v) is 17.2. The highest BCUT2D eigenvalue weighted by Crippen LogP contribution is 2.18. The van der Waals surface area contributed by atoms with Gasteiger partial charge in [0.15, 0.2) is 0 Å². The Hall–Kier alpha value is -1.92. The fourth-order valence-electron chi connectivity index (χ4n) is 7.61. The Labute approximate surface area is 360 Å². The number of hydrogen-bond acceptors (Lipinski definition) is 5. The van der Waals surface area contributed by atoms with E-state index in [1.807, 2.05) is 0 Å². The van der Waals surface area contributed by atoms with Gasteiger partial charge in [-0.25, -0.2) is 0 Å². The molecule has 0 radical (unpaired) electrons. The molecule has 3 atom stereocenters. The molecule has 340 valence electrons. The number of amides is 1. The number of ether oxygens (including phenoxy) is 1. The van der Waals surface area contributed by atoms with Gasteiger partial charge in [-0.15, -0.1) is 0 Å². The van der Waals surface area contributed by atoms with E-state index in [1.54, 1.807) is 0 Å². The summed E-state index contributed by atoms with van der Waals surface area (Å²) in [4.78, 5) is 26.0. The van der Waals surface area contributed by atoms with Crippen molar-refractivity contribution in [3.8, 4) is 0 Å². The van der Waals surface area contributed by atoms with E-state index in [2.05, 4.69) is 62.5 Å². The number of aliphatic hydroxyl groups is 2. The highest BCUT2D eigenvalue weighted by molar-refractivity contribution is 5.77. The molecule has 3 N–H and O–H groups in total. The molecule has 0 heterocycles. The lowest BCUT2D eigenvalue weighted by molar-refractivity contribution is -0.151. The van der Waals surface area contributed by atoms with Gasteiger partial charge < -0.3 is 20.3 Å². The minimum atomic E-state index is -0.787. The maximum absolute atomic E-state index is 13.1. The summed E-state index contributed by atoms with van der Waals surface area (Å²) in [5.41, 5.74) is 0. The summed E-state index contributed by atoms with van der Waals surface area (Å²) in [6.07, 6.45) is 53.6. The maximum atomic E-state index is 13.1. The first-order chi connectivity index (χ1) is 28.5. The van der Waals surface area contributed by atoms with Crippen molar-refractivity contribution in [2.75, 3.05) is 6.61 Å². The van der Waals surface area contributed by atoms with Crippen molar-refractivity contribution in [2.24, 2.45) is 0 Å². The molecule has 0 aliphatic heterocycles. The lowest BCUT2D eigenvalue weighted by atomic mass is 10.0. The molecular formula is C52H97NO5. The van der Waals surface area contributed by atoms with Gasteiger partial charge in [0.05, 0.1) is 25.2 Å². The lowest BCUT2D eigenvalue weighted by Gasteiger charge is -2.24. The molecule has 0 saturated carbocycles. The van der Waals surface area contributed by atoms with Gasteiger partial charge in [0.1, 0.15) is 6.10 Å². The number of hydrogen-bond donors (Lipinski definition) is 3. The molecular weight excluding hydrogens is 719 g/mol. The third-order valence-electron chi connectivity index (χ3n) is 11.5. The molecule has 0 aliphatic carbocycles. The first-order valence-corrected chi connectivity index (χ1v) is 25.2. The van der Waals surface area contributed by atoms with Gasteiger partial charge >= 0.3 is 5.97 Å². The second kappa shape index (κ2) is 46.2. The monoisotopic (exact) mass is 816 g/mol. The molecule has 0 aromatic carbocycles. The van der Waals surface area contributed by atoms with E-state index >= 15 is 0 Å². The molecule has 0 bridgehead atoms. The van der Waals surface area contributed by atoms with Crippen LogP contribution in [0.3, 0.4) is 0 Å². The smallest absolute Gasteiger partial charge is 0.306 e. The Bertz CT molecular complexity index is 961. The highest BCUT2D eigenvalue weighted by Gasteiger charge is 2.24. The molecule has 0 aromatic heterocycles. The van der Waals surface area contributed by atoms with Crippen molar-refractivity contribution in [3.05, 3.63) is 36.5 Å². The molecule has 6 nitrogen and oxygen atoms in total. The Morgan fingerprint density at radius 1 is 0.500 bits per heavy atom. The number of unbranched alkanes of at least 4 members (excludes halogenated alkanes) is 27. The van der Waals surface area contributed by atoms with Crippen molar-refractivity contribution in [1.82, 2.24) is 5.32 Å². The lowest BCUT2D eigenvalue weighted by Crippen LogP contribution is -2.46.